The summed E-state index contributed by atoms with van der Waals surface area (Å²) < 4.78 is 0. The topological polar surface area (TPSA) is 231 Å². The lowest BCUT2D eigenvalue weighted by atomic mass is 9.97. The Morgan fingerprint density at radius 1 is 0.833 bits per heavy atom. The van der Waals surface area contributed by atoms with Crippen LogP contribution in [0.3, 0.4) is 0 Å². The van der Waals surface area contributed by atoms with Gasteiger partial charge in [-0.25, -0.2) is 4.79 Å². The Morgan fingerprint density at radius 2 is 1.37 bits per heavy atom. The predicted molar refractivity (Wildman–Crippen MR) is 103 cm³/mol. The highest BCUT2D eigenvalue weighted by molar-refractivity contribution is 5.96. The first-order valence-electron chi connectivity index (χ1n) is 9.19. The number of hydrogen-bond donors (Lipinski definition) is 7. The van der Waals surface area contributed by atoms with E-state index in [2.05, 4.69) is 16.0 Å². The fraction of sp³-hybridized carbons (Fsp3) is 0.647. The van der Waals surface area contributed by atoms with Gasteiger partial charge in [0.2, 0.25) is 23.6 Å². The molecule has 0 aromatic rings. The van der Waals surface area contributed by atoms with Gasteiger partial charge in [-0.1, -0.05) is 20.3 Å². The van der Waals surface area contributed by atoms with Crippen molar-refractivity contribution < 1.29 is 39.0 Å². The summed E-state index contributed by atoms with van der Waals surface area (Å²) in [6, 6.07) is -5.36. The zero-order valence-electron chi connectivity index (χ0n) is 17.0. The monoisotopic (exact) mass is 431 g/mol. The molecule has 0 bridgehead atoms. The summed E-state index contributed by atoms with van der Waals surface area (Å²) in [5, 5.41) is 24.6. The number of carboxylic acids is 2. The summed E-state index contributed by atoms with van der Waals surface area (Å²) in [6.07, 6.45) is -1.03. The molecule has 0 rings (SSSR count). The lowest BCUT2D eigenvalue weighted by Gasteiger charge is -2.27. The van der Waals surface area contributed by atoms with E-state index in [9.17, 15) is 28.8 Å². The molecule has 30 heavy (non-hydrogen) atoms. The number of carbonyl (C=O) groups excluding carboxylic acids is 4. The maximum absolute atomic E-state index is 12.6. The fourth-order valence-corrected chi connectivity index (χ4v) is 2.31. The number of hydrogen-bond acceptors (Lipinski definition) is 7. The molecule has 0 aliphatic rings. The van der Waals surface area contributed by atoms with E-state index in [0.717, 1.165) is 0 Å². The fourth-order valence-electron chi connectivity index (χ4n) is 2.31. The van der Waals surface area contributed by atoms with Gasteiger partial charge in [0.15, 0.2) is 0 Å². The van der Waals surface area contributed by atoms with Gasteiger partial charge in [-0.3, -0.25) is 24.0 Å². The Balaban J connectivity index is 5.53. The number of nitrogens with two attached hydrogens (primary N) is 2. The molecule has 0 fully saturated rings. The standard InChI is InChI=1S/C17H29N5O8/c1-4-7(2)13(16(28)21-10(17(29)30)6-12(24)25)22-15(27)9(5-11(19)23)20-14(26)8(3)18/h7-10,13H,4-6,18H2,1-3H3,(H2,19,23)(H,20,26)(H,21,28)(H,22,27)(H,24,25)(H,29,30). The maximum Gasteiger partial charge on any atom is 0.326 e. The normalized spacial score (nSPS) is 15.6. The van der Waals surface area contributed by atoms with Crippen LogP contribution in [0.5, 0.6) is 0 Å². The highest BCUT2D eigenvalue weighted by Gasteiger charge is 2.33. The van der Waals surface area contributed by atoms with Crippen LogP contribution in [0.4, 0.5) is 0 Å². The van der Waals surface area contributed by atoms with Crippen molar-refractivity contribution in [2.75, 3.05) is 0 Å². The second-order valence-corrected chi connectivity index (χ2v) is 6.89. The van der Waals surface area contributed by atoms with Crippen molar-refractivity contribution in [3.05, 3.63) is 0 Å². The Labute approximate surface area is 172 Å². The first-order chi connectivity index (χ1) is 13.8. The van der Waals surface area contributed by atoms with Crippen molar-refractivity contribution in [2.24, 2.45) is 17.4 Å². The SMILES string of the molecule is CCC(C)C(NC(=O)C(CC(N)=O)NC(=O)C(C)N)C(=O)NC(CC(=O)O)C(=O)O. The van der Waals surface area contributed by atoms with Crippen LogP contribution < -0.4 is 27.4 Å². The summed E-state index contributed by atoms with van der Waals surface area (Å²) in [5.41, 5.74) is 10.5. The highest BCUT2D eigenvalue weighted by Crippen LogP contribution is 2.10. The molecule has 9 N–H and O–H groups in total. The smallest absolute Gasteiger partial charge is 0.326 e. The first kappa shape index (κ1) is 26.8. The van der Waals surface area contributed by atoms with Crippen molar-refractivity contribution in [1.82, 2.24) is 16.0 Å². The Kier molecular flexibility index (Phi) is 11.0. The maximum atomic E-state index is 12.6. The molecular weight excluding hydrogens is 402 g/mol. The predicted octanol–water partition coefficient (Wildman–Crippen LogP) is -2.73. The van der Waals surface area contributed by atoms with Crippen molar-refractivity contribution in [3.8, 4) is 0 Å². The van der Waals surface area contributed by atoms with Gasteiger partial charge in [-0.05, 0) is 12.8 Å². The highest BCUT2D eigenvalue weighted by atomic mass is 16.4. The summed E-state index contributed by atoms with van der Waals surface area (Å²) in [4.78, 5) is 70.2. The van der Waals surface area contributed by atoms with Crippen LogP contribution in [-0.2, 0) is 28.8 Å². The van der Waals surface area contributed by atoms with E-state index in [1.807, 2.05) is 0 Å². The summed E-state index contributed by atoms with van der Waals surface area (Å²) in [7, 11) is 0. The zero-order chi connectivity index (χ0) is 23.6. The molecule has 13 heteroatoms. The Hall–Kier alpha value is -3.22. The van der Waals surface area contributed by atoms with Gasteiger partial charge in [-0.15, -0.1) is 0 Å². The molecule has 0 radical (unpaired) electrons. The summed E-state index contributed by atoms with van der Waals surface area (Å²) in [5.74, 6) is -6.95. The van der Waals surface area contributed by atoms with E-state index in [1.165, 1.54) is 6.92 Å². The third kappa shape index (κ3) is 9.32. The minimum absolute atomic E-state index is 0.391. The van der Waals surface area contributed by atoms with Gasteiger partial charge in [-0.2, -0.15) is 0 Å². The Bertz CT molecular complexity index is 681. The van der Waals surface area contributed by atoms with Crippen molar-refractivity contribution >= 4 is 35.6 Å². The number of amides is 4. The lowest BCUT2D eigenvalue weighted by molar-refractivity contribution is -0.147. The van der Waals surface area contributed by atoms with Crippen molar-refractivity contribution in [3.63, 3.8) is 0 Å². The molecule has 0 saturated heterocycles. The van der Waals surface area contributed by atoms with Crippen LogP contribution in [0.25, 0.3) is 0 Å². The van der Waals surface area contributed by atoms with Gasteiger partial charge in [0, 0.05) is 0 Å². The van der Waals surface area contributed by atoms with E-state index >= 15 is 0 Å². The molecule has 5 unspecified atom stereocenters. The minimum Gasteiger partial charge on any atom is -0.481 e. The first-order valence-corrected chi connectivity index (χ1v) is 9.19. The van der Waals surface area contributed by atoms with Crippen LogP contribution in [0.15, 0.2) is 0 Å². The number of primary amides is 1. The number of aliphatic carboxylic acids is 2. The number of nitrogens with one attached hydrogen (secondary N) is 3. The van der Waals surface area contributed by atoms with Crippen LogP contribution in [0.2, 0.25) is 0 Å². The molecule has 0 aromatic carbocycles. The summed E-state index contributed by atoms with van der Waals surface area (Å²) in [6.45, 7) is 4.67. The number of rotatable bonds is 13. The van der Waals surface area contributed by atoms with Crippen LogP contribution in [-0.4, -0.2) is 69.9 Å². The van der Waals surface area contributed by atoms with E-state index < -0.39 is 78.5 Å². The van der Waals surface area contributed by atoms with Crippen molar-refractivity contribution in [1.29, 1.82) is 0 Å². The molecule has 170 valence electrons. The Morgan fingerprint density at radius 3 is 1.77 bits per heavy atom. The lowest BCUT2D eigenvalue weighted by Crippen LogP contribution is -2.59. The molecule has 0 spiro atoms. The van der Waals surface area contributed by atoms with Crippen molar-refractivity contribution in [2.45, 2.75) is 64.2 Å². The molecule has 5 atom stereocenters. The second-order valence-electron chi connectivity index (χ2n) is 6.89. The number of carbonyl (C=O) groups is 6. The average Bonchev–Trinajstić information content (AvgIpc) is 2.62. The van der Waals surface area contributed by atoms with Crippen LogP contribution >= 0.6 is 0 Å². The van der Waals surface area contributed by atoms with E-state index in [1.54, 1.807) is 13.8 Å². The molecule has 4 amide bonds. The molecule has 0 aliphatic heterocycles. The number of carboxylic acid groups (broad SMARTS) is 2. The average molecular weight is 431 g/mol. The molecule has 0 saturated carbocycles. The van der Waals surface area contributed by atoms with Gasteiger partial charge < -0.3 is 37.6 Å². The van der Waals surface area contributed by atoms with Gasteiger partial charge in [0.05, 0.1) is 18.9 Å². The molecule has 0 aromatic heterocycles. The van der Waals surface area contributed by atoms with Gasteiger partial charge in [0.1, 0.15) is 18.1 Å². The quantitative estimate of drug-likeness (QED) is 0.160. The zero-order valence-corrected chi connectivity index (χ0v) is 17.0. The third-order valence-corrected chi connectivity index (χ3v) is 4.24. The van der Waals surface area contributed by atoms with Crippen LogP contribution in [0.1, 0.15) is 40.0 Å². The van der Waals surface area contributed by atoms with Gasteiger partial charge in [0.25, 0.3) is 0 Å². The van der Waals surface area contributed by atoms with E-state index in [-0.39, 0.29) is 0 Å². The molecule has 0 aliphatic carbocycles. The molecular formula is C17H29N5O8. The molecule has 13 nitrogen and oxygen atoms in total. The van der Waals surface area contributed by atoms with Crippen LogP contribution in [0, 0.1) is 5.92 Å². The minimum atomic E-state index is -1.71. The second kappa shape index (κ2) is 12.4. The van der Waals surface area contributed by atoms with Gasteiger partial charge >= 0.3 is 11.9 Å². The molecule has 0 heterocycles. The van der Waals surface area contributed by atoms with E-state index in [0.29, 0.717) is 6.42 Å². The largest absolute Gasteiger partial charge is 0.481 e. The summed E-state index contributed by atoms with van der Waals surface area (Å²) >= 11 is 0. The van der Waals surface area contributed by atoms with E-state index in [4.69, 9.17) is 21.7 Å². The third-order valence-electron chi connectivity index (χ3n) is 4.24.